The van der Waals surface area contributed by atoms with Gasteiger partial charge in [-0.25, -0.2) is 4.98 Å². The van der Waals surface area contributed by atoms with Gasteiger partial charge in [-0.15, -0.1) is 0 Å². The van der Waals surface area contributed by atoms with Crippen molar-refractivity contribution in [1.82, 2.24) is 9.55 Å². The number of aryl methyl sites for hydroxylation is 1. The summed E-state index contributed by atoms with van der Waals surface area (Å²) in [5.41, 5.74) is 8.33. The summed E-state index contributed by atoms with van der Waals surface area (Å²) >= 11 is 0. The second-order valence-corrected chi connectivity index (χ2v) is 4.57. The van der Waals surface area contributed by atoms with Crippen LogP contribution in [0, 0.1) is 5.92 Å². The Morgan fingerprint density at radius 2 is 2.33 bits per heavy atom. The quantitative estimate of drug-likeness (QED) is 0.817. The molecule has 1 aliphatic heterocycles. The summed E-state index contributed by atoms with van der Waals surface area (Å²) in [6.45, 7) is 6.37. The van der Waals surface area contributed by atoms with Gasteiger partial charge in [0.15, 0.2) is 0 Å². The minimum Gasteiger partial charge on any atom is -0.332 e. The molecule has 0 saturated heterocycles. The second kappa shape index (κ2) is 4.35. The molecule has 0 spiro atoms. The summed E-state index contributed by atoms with van der Waals surface area (Å²) in [5, 5.41) is 0. The van der Waals surface area contributed by atoms with Gasteiger partial charge in [-0.2, -0.15) is 0 Å². The molecule has 2 N–H and O–H groups in total. The number of rotatable bonds is 3. The highest BCUT2D eigenvalue weighted by molar-refractivity contribution is 5.20. The van der Waals surface area contributed by atoms with Crippen LogP contribution in [0.5, 0.6) is 0 Å². The maximum atomic E-state index is 5.62. The summed E-state index contributed by atoms with van der Waals surface area (Å²) in [7, 11) is 0. The van der Waals surface area contributed by atoms with E-state index in [9.17, 15) is 0 Å². The number of aromatic nitrogens is 2. The lowest BCUT2D eigenvalue weighted by Gasteiger charge is -2.22. The Bertz CT molecular complexity index is 341. The van der Waals surface area contributed by atoms with Crippen LogP contribution in [0.15, 0.2) is 0 Å². The van der Waals surface area contributed by atoms with Crippen LogP contribution in [0.4, 0.5) is 0 Å². The average molecular weight is 207 g/mol. The lowest BCUT2D eigenvalue weighted by Crippen LogP contribution is -2.20. The zero-order valence-corrected chi connectivity index (χ0v) is 9.79. The SMILES string of the molecule is CCc1nc(CCN)c2n1CC(C)CC2. The zero-order chi connectivity index (χ0) is 10.8. The standard InChI is InChI=1S/C12H21N3/c1-3-12-14-10(6-7-13)11-5-4-9(2)8-15(11)12/h9H,3-8,13H2,1-2H3. The van der Waals surface area contributed by atoms with E-state index >= 15 is 0 Å². The van der Waals surface area contributed by atoms with E-state index in [1.165, 1.54) is 30.1 Å². The van der Waals surface area contributed by atoms with Crippen LogP contribution >= 0.6 is 0 Å². The summed E-state index contributed by atoms with van der Waals surface area (Å²) in [6.07, 6.45) is 4.45. The van der Waals surface area contributed by atoms with E-state index in [4.69, 9.17) is 10.7 Å². The van der Waals surface area contributed by atoms with Crippen molar-refractivity contribution in [2.24, 2.45) is 11.7 Å². The van der Waals surface area contributed by atoms with Crippen molar-refractivity contribution in [1.29, 1.82) is 0 Å². The molecule has 84 valence electrons. The van der Waals surface area contributed by atoms with Crippen LogP contribution in [-0.2, 0) is 25.8 Å². The third kappa shape index (κ3) is 1.93. The highest BCUT2D eigenvalue weighted by Gasteiger charge is 2.21. The monoisotopic (exact) mass is 207 g/mol. The predicted molar refractivity (Wildman–Crippen MR) is 61.8 cm³/mol. The molecule has 3 heteroatoms. The van der Waals surface area contributed by atoms with Gasteiger partial charge in [0.1, 0.15) is 5.82 Å². The van der Waals surface area contributed by atoms with Crippen LogP contribution in [0.2, 0.25) is 0 Å². The van der Waals surface area contributed by atoms with Gasteiger partial charge < -0.3 is 10.3 Å². The van der Waals surface area contributed by atoms with Gasteiger partial charge in [-0.05, 0) is 25.3 Å². The maximum absolute atomic E-state index is 5.62. The molecule has 15 heavy (non-hydrogen) atoms. The molecule has 0 saturated carbocycles. The first-order chi connectivity index (χ1) is 7.26. The van der Waals surface area contributed by atoms with E-state index in [0.29, 0.717) is 6.54 Å². The van der Waals surface area contributed by atoms with Gasteiger partial charge in [-0.1, -0.05) is 13.8 Å². The van der Waals surface area contributed by atoms with Crippen LogP contribution in [0.25, 0.3) is 0 Å². The maximum Gasteiger partial charge on any atom is 0.108 e. The number of fused-ring (bicyclic) bond motifs is 1. The highest BCUT2D eigenvalue weighted by Crippen LogP contribution is 2.24. The number of hydrogen-bond donors (Lipinski definition) is 1. The third-order valence-corrected chi connectivity index (χ3v) is 3.30. The Balaban J connectivity index is 2.35. The molecule has 2 heterocycles. The van der Waals surface area contributed by atoms with Gasteiger partial charge in [0.2, 0.25) is 0 Å². The van der Waals surface area contributed by atoms with E-state index in [1.54, 1.807) is 0 Å². The zero-order valence-electron chi connectivity index (χ0n) is 9.79. The molecule has 1 aromatic rings. The van der Waals surface area contributed by atoms with E-state index in [1.807, 2.05) is 0 Å². The first-order valence-corrected chi connectivity index (χ1v) is 6.03. The Morgan fingerprint density at radius 1 is 1.53 bits per heavy atom. The molecule has 0 fully saturated rings. The molecule has 1 atom stereocenters. The Kier molecular flexibility index (Phi) is 3.10. The molecule has 1 aromatic heterocycles. The van der Waals surface area contributed by atoms with Gasteiger partial charge in [0.25, 0.3) is 0 Å². The summed E-state index contributed by atoms with van der Waals surface area (Å²) in [4.78, 5) is 4.72. The molecule has 0 radical (unpaired) electrons. The van der Waals surface area contributed by atoms with Crippen molar-refractivity contribution >= 4 is 0 Å². The van der Waals surface area contributed by atoms with Crippen molar-refractivity contribution in [3.8, 4) is 0 Å². The van der Waals surface area contributed by atoms with E-state index < -0.39 is 0 Å². The number of nitrogens with zero attached hydrogens (tertiary/aromatic N) is 2. The Hall–Kier alpha value is -0.830. The number of nitrogens with two attached hydrogens (primary N) is 1. The fourth-order valence-corrected chi connectivity index (χ4v) is 2.48. The van der Waals surface area contributed by atoms with Crippen molar-refractivity contribution in [3.63, 3.8) is 0 Å². The molecule has 0 aromatic carbocycles. The molecule has 3 nitrogen and oxygen atoms in total. The molecule has 0 amide bonds. The highest BCUT2D eigenvalue weighted by atomic mass is 15.1. The van der Waals surface area contributed by atoms with E-state index in [2.05, 4.69) is 18.4 Å². The first kappa shape index (κ1) is 10.7. The predicted octanol–water partition coefficient (Wildman–Crippen LogP) is 1.53. The summed E-state index contributed by atoms with van der Waals surface area (Å²) in [5.74, 6) is 2.04. The van der Waals surface area contributed by atoms with E-state index in [-0.39, 0.29) is 0 Å². The van der Waals surface area contributed by atoms with Crippen LogP contribution in [0.3, 0.4) is 0 Å². The average Bonchev–Trinajstić information content (AvgIpc) is 2.56. The lowest BCUT2D eigenvalue weighted by molar-refractivity contribution is 0.390. The smallest absolute Gasteiger partial charge is 0.108 e. The minimum atomic E-state index is 0.711. The van der Waals surface area contributed by atoms with Gasteiger partial charge in [0.05, 0.1) is 5.69 Å². The number of hydrogen-bond acceptors (Lipinski definition) is 2. The molecule has 2 rings (SSSR count). The van der Waals surface area contributed by atoms with Gasteiger partial charge in [-0.3, -0.25) is 0 Å². The van der Waals surface area contributed by atoms with Gasteiger partial charge in [0, 0.05) is 25.1 Å². The molecule has 0 bridgehead atoms. The molecule has 0 aliphatic carbocycles. The lowest BCUT2D eigenvalue weighted by atomic mass is 9.98. The Morgan fingerprint density at radius 3 is 3.00 bits per heavy atom. The molecular formula is C12H21N3. The van der Waals surface area contributed by atoms with E-state index in [0.717, 1.165) is 25.3 Å². The summed E-state index contributed by atoms with van der Waals surface area (Å²) < 4.78 is 2.43. The van der Waals surface area contributed by atoms with Crippen molar-refractivity contribution in [2.75, 3.05) is 6.54 Å². The Labute approximate surface area is 91.7 Å². The van der Waals surface area contributed by atoms with Crippen molar-refractivity contribution in [3.05, 3.63) is 17.2 Å². The normalized spacial score (nSPS) is 20.3. The molecule has 1 unspecified atom stereocenters. The second-order valence-electron chi connectivity index (χ2n) is 4.57. The molecular weight excluding hydrogens is 186 g/mol. The largest absolute Gasteiger partial charge is 0.332 e. The summed E-state index contributed by atoms with van der Waals surface area (Å²) in [6, 6.07) is 0. The fraction of sp³-hybridized carbons (Fsp3) is 0.750. The van der Waals surface area contributed by atoms with Crippen LogP contribution in [-0.4, -0.2) is 16.1 Å². The first-order valence-electron chi connectivity index (χ1n) is 6.03. The molecule has 1 aliphatic rings. The van der Waals surface area contributed by atoms with Crippen LogP contribution in [0.1, 0.15) is 37.5 Å². The minimum absolute atomic E-state index is 0.711. The third-order valence-electron chi connectivity index (χ3n) is 3.30. The topological polar surface area (TPSA) is 43.8 Å². The van der Waals surface area contributed by atoms with Crippen LogP contribution < -0.4 is 5.73 Å². The van der Waals surface area contributed by atoms with Crippen molar-refractivity contribution < 1.29 is 0 Å². The number of imidazole rings is 1. The van der Waals surface area contributed by atoms with Crippen molar-refractivity contribution in [2.45, 2.75) is 46.1 Å². The fourth-order valence-electron chi connectivity index (χ4n) is 2.48. The van der Waals surface area contributed by atoms with Gasteiger partial charge >= 0.3 is 0 Å².